The van der Waals surface area contributed by atoms with E-state index in [0.29, 0.717) is 29.6 Å². The Bertz CT molecular complexity index is 900. The quantitative estimate of drug-likeness (QED) is 0.399. The molecular formula is C23H22O6. The molecule has 0 radical (unpaired) electrons. The predicted molar refractivity (Wildman–Crippen MR) is 108 cm³/mol. The van der Waals surface area contributed by atoms with Crippen LogP contribution in [0.4, 0.5) is 0 Å². The monoisotopic (exact) mass is 394 g/mol. The number of carbonyl (C=O) groups is 1. The highest BCUT2D eigenvalue weighted by Crippen LogP contribution is 2.36. The maximum Gasteiger partial charge on any atom is 0.349 e. The summed E-state index contributed by atoms with van der Waals surface area (Å²) in [6.07, 6.45) is 0. The van der Waals surface area contributed by atoms with Gasteiger partial charge in [0.2, 0.25) is 5.75 Å². The molecule has 29 heavy (non-hydrogen) atoms. The normalized spacial score (nSPS) is 10.1. The van der Waals surface area contributed by atoms with Gasteiger partial charge in [0.1, 0.15) is 18.1 Å². The third-order valence-electron chi connectivity index (χ3n) is 4.03. The van der Waals surface area contributed by atoms with E-state index in [9.17, 15) is 4.79 Å². The first-order chi connectivity index (χ1) is 14.2. The lowest BCUT2D eigenvalue weighted by molar-refractivity contribution is -0.136. The first-order valence-electron chi connectivity index (χ1n) is 9.01. The van der Waals surface area contributed by atoms with E-state index in [-0.39, 0.29) is 12.4 Å². The Kier molecular flexibility index (Phi) is 6.95. The summed E-state index contributed by atoms with van der Waals surface area (Å²) in [6.45, 7) is 0.222. The van der Waals surface area contributed by atoms with E-state index >= 15 is 0 Å². The molecule has 0 amide bonds. The van der Waals surface area contributed by atoms with Crippen LogP contribution in [0.1, 0.15) is 5.56 Å². The maximum absolute atomic E-state index is 12.2. The minimum Gasteiger partial charge on any atom is -0.493 e. The van der Waals surface area contributed by atoms with Gasteiger partial charge in [0, 0.05) is 0 Å². The van der Waals surface area contributed by atoms with Crippen LogP contribution in [-0.4, -0.2) is 26.8 Å². The van der Waals surface area contributed by atoms with E-state index in [2.05, 4.69) is 0 Å². The van der Waals surface area contributed by atoms with Crippen molar-refractivity contribution >= 4 is 5.97 Å². The average molecular weight is 394 g/mol. The molecule has 0 spiro atoms. The second-order valence-electron chi connectivity index (χ2n) is 6.00. The summed E-state index contributed by atoms with van der Waals surface area (Å²) in [6, 6.07) is 22.0. The fourth-order valence-electron chi connectivity index (χ4n) is 2.58. The summed E-state index contributed by atoms with van der Waals surface area (Å²) in [5, 5.41) is 0. The zero-order chi connectivity index (χ0) is 20.5. The lowest BCUT2D eigenvalue weighted by Gasteiger charge is -2.13. The smallest absolute Gasteiger partial charge is 0.349 e. The lowest BCUT2D eigenvalue weighted by atomic mass is 10.2. The molecule has 0 aliphatic rings. The number of benzene rings is 3. The molecule has 0 N–H and O–H groups in total. The van der Waals surface area contributed by atoms with Gasteiger partial charge in [0.25, 0.3) is 0 Å². The fraction of sp³-hybridized carbons (Fsp3) is 0.174. The van der Waals surface area contributed by atoms with Crippen molar-refractivity contribution in [2.75, 3.05) is 20.8 Å². The van der Waals surface area contributed by atoms with Crippen LogP contribution >= 0.6 is 0 Å². The Balaban J connectivity index is 1.52. The van der Waals surface area contributed by atoms with Gasteiger partial charge in [-0.05, 0) is 42.0 Å². The molecule has 0 aliphatic heterocycles. The topological polar surface area (TPSA) is 63.2 Å². The average Bonchev–Trinajstić information content (AvgIpc) is 2.77. The van der Waals surface area contributed by atoms with Crippen LogP contribution in [0.15, 0.2) is 72.8 Å². The summed E-state index contributed by atoms with van der Waals surface area (Å²) in [5.74, 6) is 1.69. The summed E-state index contributed by atoms with van der Waals surface area (Å²) in [7, 11) is 2.98. The van der Waals surface area contributed by atoms with Crippen molar-refractivity contribution in [3.8, 4) is 28.7 Å². The van der Waals surface area contributed by atoms with Crippen LogP contribution in [0.2, 0.25) is 0 Å². The van der Waals surface area contributed by atoms with E-state index in [0.717, 1.165) is 5.56 Å². The van der Waals surface area contributed by atoms with Crippen molar-refractivity contribution in [2.45, 2.75) is 6.61 Å². The molecule has 0 bridgehead atoms. The molecule has 0 unspecified atom stereocenters. The Hall–Kier alpha value is -3.67. The van der Waals surface area contributed by atoms with Gasteiger partial charge in [-0.2, -0.15) is 0 Å². The number of hydrogen-bond donors (Lipinski definition) is 0. The number of hydrogen-bond acceptors (Lipinski definition) is 6. The zero-order valence-corrected chi connectivity index (χ0v) is 16.3. The summed E-state index contributed by atoms with van der Waals surface area (Å²) in [4.78, 5) is 12.2. The Labute approximate surface area is 169 Å². The number of carbonyl (C=O) groups excluding carboxylic acids is 1. The number of esters is 1. The van der Waals surface area contributed by atoms with Gasteiger partial charge in [0.15, 0.2) is 18.1 Å². The second kappa shape index (κ2) is 10.0. The second-order valence-corrected chi connectivity index (χ2v) is 6.00. The minimum atomic E-state index is -0.572. The Morgan fingerprint density at radius 3 is 1.90 bits per heavy atom. The molecule has 6 heteroatoms. The number of ether oxygens (including phenoxy) is 5. The lowest BCUT2D eigenvalue weighted by Crippen LogP contribution is -2.18. The van der Waals surface area contributed by atoms with Gasteiger partial charge in [-0.3, -0.25) is 0 Å². The minimum absolute atomic E-state index is 0.218. The van der Waals surface area contributed by atoms with E-state index in [1.807, 2.05) is 30.3 Å². The standard InChI is InChI=1S/C23H22O6/c1-25-20-9-6-10-21(26-2)23(20)29-22(24)16-28-19-13-11-18(12-14-19)27-15-17-7-4-3-5-8-17/h3-14H,15-16H2,1-2H3. The van der Waals surface area contributed by atoms with Crippen LogP contribution in [0.25, 0.3) is 0 Å². The fourth-order valence-corrected chi connectivity index (χ4v) is 2.58. The van der Waals surface area contributed by atoms with Gasteiger partial charge in [-0.1, -0.05) is 36.4 Å². The largest absolute Gasteiger partial charge is 0.493 e. The van der Waals surface area contributed by atoms with Crippen molar-refractivity contribution in [3.05, 3.63) is 78.4 Å². The van der Waals surface area contributed by atoms with Crippen molar-refractivity contribution < 1.29 is 28.5 Å². The molecule has 0 aromatic heterocycles. The van der Waals surface area contributed by atoms with Crippen molar-refractivity contribution in [1.82, 2.24) is 0 Å². The highest BCUT2D eigenvalue weighted by molar-refractivity contribution is 5.76. The van der Waals surface area contributed by atoms with Crippen LogP contribution in [-0.2, 0) is 11.4 Å². The van der Waals surface area contributed by atoms with Crippen LogP contribution < -0.4 is 23.7 Å². The SMILES string of the molecule is COc1cccc(OC)c1OC(=O)COc1ccc(OCc2ccccc2)cc1. The highest BCUT2D eigenvalue weighted by atomic mass is 16.6. The van der Waals surface area contributed by atoms with E-state index < -0.39 is 5.97 Å². The zero-order valence-electron chi connectivity index (χ0n) is 16.3. The summed E-state index contributed by atoms with van der Waals surface area (Å²) in [5.41, 5.74) is 1.09. The molecule has 0 atom stereocenters. The molecule has 3 aromatic carbocycles. The van der Waals surface area contributed by atoms with Gasteiger partial charge in [0.05, 0.1) is 14.2 Å². The van der Waals surface area contributed by atoms with Crippen molar-refractivity contribution in [1.29, 1.82) is 0 Å². The molecule has 6 nitrogen and oxygen atoms in total. The first-order valence-corrected chi connectivity index (χ1v) is 9.01. The third kappa shape index (κ3) is 5.65. The molecule has 0 heterocycles. The van der Waals surface area contributed by atoms with Gasteiger partial charge in [-0.15, -0.1) is 0 Å². The third-order valence-corrected chi connectivity index (χ3v) is 4.03. The molecular weight excluding hydrogens is 372 g/mol. The highest BCUT2D eigenvalue weighted by Gasteiger charge is 2.16. The number of methoxy groups -OCH3 is 2. The number of rotatable bonds is 9. The molecule has 0 aliphatic carbocycles. The first kappa shape index (κ1) is 20.1. The van der Waals surface area contributed by atoms with Crippen LogP contribution in [0, 0.1) is 0 Å². The van der Waals surface area contributed by atoms with E-state index in [1.54, 1.807) is 42.5 Å². The van der Waals surface area contributed by atoms with E-state index in [1.165, 1.54) is 14.2 Å². The van der Waals surface area contributed by atoms with Crippen LogP contribution in [0.3, 0.4) is 0 Å². The summed E-state index contributed by atoms with van der Waals surface area (Å²) >= 11 is 0. The van der Waals surface area contributed by atoms with Crippen molar-refractivity contribution in [3.63, 3.8) is 0 Å². The Morgan fingerprint density at radius 1 is 0.724 bits per heavy atom. The molecule has 0 saturated heterocycles. The Morgan fingerprint density at radius 2 is 1.31 bits per heavy atom. The molecule has 150 valence electrons. The molecule has 3 rings (SSSR count). The van der Waals surface area contributed by atoms with Crippen molar-refractivity contribution in [2.24, 2.45) is 0 Å². The van der Waals surface area contributed by atoms with E-state index in [4.69, 9.17) is 23.7 Å². The maximum atomic E-state index is 12.2. The van der Waals surface area contributed by atoms with Gasteiger partial charge < -0.3 is 23.7 Å². The number of para-hydroxylation sites is 1. The predicted octanol–water partition coefficient (Wildman–Crippen LogP) is 4.27. The van der Waals surface area contributed by atoms with Gasteiger partial charge in [-0.25, -0.2) is 4.79 Å². The van der Waals surface area contributed by atoms with Crippen LogP contribution in [0.5, 0.6) is 28.7 Å². The summed E-state index contributed by atoms with van der Waals surface area (Å²) < 4.78 is 27.0. The van der Waals surface area contributed by atoms with Gasteiger partial charge >= 0.3 is 5.97 Å². The molecule has 0 saturated carbocycles. The molecule has 3 aromatic rings. The molecule has 0 fully saturated rings.